The highest BCUT2D eigenvalue weighted by Crippen LogP contribution is 2.48. The van der Waals surface area contributed by atoms with Gasteiger partial charge in [0.15, 0.2) is 0 Å². The van der Waals surface area contributed by atoms with Crippen molar-refractivity contribution in [2.45, 2.75) is 64.2 Å². The van der Waals surface area contributed by atoms with Crippen molar-refractivity contribution in [1.29, 1.82) is 0 Å². The van der Waals surface area contributed by atoms with E-state index in [1.165, 1.54) is 45.6 Å². The highest BCUT2D eigenvalue weighted by Gasteiger charge is 2.39. The zero-order valence-electron chi connectivity index (χ0n) is 16.6. The van der Waals surface area contributed by atoms with Gasteiger partial charge in [0.05, 0.1) is 0 Å². The summed E-state index contributed by atoms with van der Waals surface area (Å²) in [6.07, 6.45) is 3.59. The van der Waals surface area contributed by atoms with E-state index in [0.717, 1.165) is 6.42 Å². The SMILES string of the molecule is [2H][C@H](Sc1c(C)c(C)cc(C)c1C)[C@@H]1CCC[C@@]1(C)c1ccccc1. The largest absolute Gasteiger partial charge is 0.125 e. The highest BCUT2D eigenvalue weighted by atomic mass is 32.2. The molecular weight excluding hydrogens is 308 g/mol. The van der Waals surface area contributed by atoms with Gasteiger partial charge in [0.25, 0.3) is 0 Å². The lowest BCUT2D eigenvalue weighted by Gasteiger charge is -2.32. The van der Waals surface area contributed by atoms with Gasteiger partial charge in [-0.2, -0.15) is 0 Å². The molecule has 0 saturated heterocycles. The van der Waals surface area contributed by atoms with Crippen LogP contribution >= 0.6 is 11.8 Å². The third kappa shape index (κ3) is 3.16. The molecule has 1 saturated carbocycles. The molecule has 0 radical (unpaired) electrons. The lowest BCUT2D eigenvalue weighted by atomic mass is 9.75. The topological polar surface area (TPSA) is 0 Å². The molecule has 0 aromatic heterocycles. The predicted octanol–water partition coefficient (Wildman–Crippen LogP) is 6.77. The maximum atomic E-state index is 9.01. The van der Waals surface area contributed by atoms with Crippen LogP contribution in [0.2, 0.25) is 0 Å². The summed E-state index contributed by atoms with van der Waals surface area (Å²) < 4.78 is 9.01. The van der Waals surface area contributed by atoms with Gasteiger partial charge in [-0.1, -0.05) is 49.7 Å². The minimum absolute atomic E-state index is 0.119. The molecule has 0 spiro atoms. The molecule has 1 fully saturated rings. The van der Waals surface area contributed by atoms with Crippen LogP contribution in [0.15, 0.2) is 41.3 Å². The van der Waals surface area contributed by atoms with Crippen molar-refractivity contribution in [3.8, 4) is 0 Å². The smallest absolute Gasteiger partial charge is 0.0387 e. The second kappa shape index (κ2) is 6.96. The van der Waals surface area contributed by atoms with Crippen LogP contribution in [-0.2, 0) is 5.41 Å². The van der Waals surface area contributed by atoms with Crippen LogP contribution in [0.5, 0.6) is 0 Å². The molecule has 0 heterocycles. The van der Waals surface area contributed by atoms with Gasteiger partial charge in [0, 0.05) is 12.0 Å². The van der Waals surface area contributed by atoms with E-state index < -0.39 is 0 Å². The van der Waals surface area contributed by atoms with Crippen LogP contribution < -0.4 is 0 Å². The Morgan fingerprint density at radius 3 is 2.33 bits per heavy atom. The summed E-state index contributed by atoms with van der Waals surface area (Å²) in [5, 5.41) is 0. The van der Waals surface area contributed by atoms with Crippen LogP contribution in [0.1, 0.15) is 55.4 Å². The summed E-state index contributed by atoms with van der Waals surface area (Å²) in [7, 11) is 0. The van der Waals surface area contributed by atoms with Crippen LogP contribution in [0.3, 0.4) is 0 Å². The molecule has 1 aliphatic carbocycles. The second-order valence-electron chi connectivity index (χ2n) is 7.63. The summed E-state index contributed by atoms with van der Waals surface area (Å²) >= 11 is 1.79. The summed E-state index contributed by atoms with van der Waals surface area (Å²) in [4.78, 5) is 1.33. The van der Waals surface area contributed by atoms with E-state index >= 15 is 0 Å². The van der Waals surface area contributed by atoms with Crippen LogP contribution in [-0.4, -0.2) is 5.73 Å². The van der Waals surface area contributed by atoms with E-state index in [-0.39, 0.29) is 11.1 Å². The van der Waals surface area contributed by atoms with Gasteiger partial charge in [0.1, 0.15) is 0 Å². The Bertz CT molecular complexity index is 726. The molecule has 3 atom stereocenters. The average Bonchev–Trinajstić information content (AvgIpc) is 3.01. The van der Waals surface area contributed by atoms with Crippen molar-refractivity contribution in [2.24, 2.45) is 5.92 Å². The zero-order chi connectivity index (χ0) is 18.2. The van der Waals surface area contributed by atoms with Gasteiger partial charge in [-0.15, -0.1) is 11.8 Å². The van der Waals surface area contributed by atoms with Gasteiger partial charge in [0.2, 0.25) is 0 Å². The van der Waals surface area contributed by atoms with Gasteiger partial charge >= 0.3 is 0 Å². The first kappa shape index (κ1) is 16.3. The van der Waals surface area contributed by atoms with Gasteiger partial charge in [-0.3, -0.25) is 0 Å². The Hall–Kier alpha value is -1.21. The monoisotopic (exact) mass is 339 g/mol. The van der Waals surface area contributed by atoms with Crippen molar-refractivity contribution >= 4 is 11.8 Å². The Kier molecular flexibility index (Phi) is 4.72. The molecule has 0 nitrogen and oxygen atoms in total. The first-order chi connectivity index (χ1) is 11.8. The maximum Gasteiger partial charge on any atom is 0.0387 e. The number of hydrogen-bond donors (Lipinski definition) is 0. The molecule has 0 unspecified atom stereocenters. The van der Waals surface area contributed by atoms with Crippen LogP contribution in [0.4, 0.5) is 0 Å². The zero-order valence-corrected chi connectivity index (χ0v) is 16.5. The van der Waals surface area contributed by atoms with Gasteiger partial charge < -0.3 is 0 Å². The summed E-state index contributed by atoms with van der Waals surface area (Å²) in [6.45, 7) is 11.2. The number of benzene rings is 2. The van der Waals surface area contributed by atoms with E-state index in [2.05, 4.69) is 71.0 Å². The van der Waals surface area contributed by atoms with Crippen molar-refractivity contribution in [3.05, 3.63) is 64.2 Å². The van der Waals surface area contributed by atoms with Crippen molar-refractivity contribution in [1.82, 2.24) is 0 Å². The fourth-order valence-corrected chi connectivity index (χ4v) is 5.51. The normalized spacial score (nSPS) is 25.5. The van der Waals surface area contributed by atoms with Crippen molar-refractivity contribution in [3.63, 3.8) is 0 Å². The first-order valence-electron chi connectivity index (χ1n) is 9.64. The number of rotatable bonds is 4. The molecule has 2 aromatic carbocycles. The molecule has 2 aromatic rings. The second-order valence-corrected chi connectivity index (χ2v) is 8.54. The first-order valence-corrected chi connectivity index (χ1v) is 9.94. The quantitative estimate of drug-likeness (QED) is 0.554. The lowest BCUT2D eigenvalue weighted by Crippen LogP contribution is -2.28. The Balaban J connectivity index is 1.90. The fraction of sp³-hybridized carbons (Fsp3) is 0.478. The number of thioether (sulfide) groups is 1. The summed E-state index contributed by atoms with van der Waals surface area (Å²) in [5.41, 5.74) is 6.80. The van der Waals surface area contributed by atoms with E-state index in [9.17, 15) is 0 Å². The van der Waals surface area contributed by atoms with Gasteiger partial charge in [-0.05, 0) is 79.7 Å². The van der Waals surface area contributed by atoms with Crippen LogP contribution in [0, 0.1) is 33.6 Å². The summed E-state index contributed by atoms with van der Waals surface area (Å²) in [6, 6.07) is 13.1. The van der Waals surface area contributed by atoms with E-state index in [0.29, 0.717) is 5.92 Å². The number of aryl methyl sites for hydroxylation is 2. The fourth-order valence-electron chi connectivity index (χ4n) is 4.10. The average molecular weight is 340 g/mol. The molecule has 0 N–H and O–H groups in total. The minimum atomic E-state index is -0.119. The van der Waals surface area contributed by atoms with Gasteiger partial charge in [-0.25, -0.2) is 0 Å². The minimum Gasteiger partial charge on any atom is -0.125 e. The Labute approximate surface area is 153 Å². The highest BCUT2D eigenvalue weighted by molar-refractivity contribution is 7.99. The molecule has 1 heteroatoms. The maximum absolute atomic E-state index is 9.01. The molecule has 3 rings (SSSR count). The third-order valence-electron chi connectivity index (χ3n) is 6.11. The standard InChI is InChI=1S/C23H30S/c1-16-14-17(2)19(4)22(18(16)3)24-15-21-12-9-13-23(21,5)20-10-7-6-8-11-20/h6-8,10-11,14,21H,9,12-13,15H2,1-5H3/t21-,23-/m0/s1/i15D/t15-,21-,23-. The molecule has 0 aliphatic heterocycles. The van der Waals surface area contributed by atoms with Crippen LogP contribution in [0.25, 0.3) is 0 Å². The predicted molar refractivity (Wildman–Crippen MR) is 107 cm³/mol. The van der Waals surface area contributed by atoms with E-state index in [1.807, 2.05) is 0 Å². The molecule has 128 valence electrons. The molecule has 1 aliphatic rings. The number of hydrogen-bond acceptors (Lipinski definition) is 1. The molecular formula is C23H30S. The van der Waals surface area contributed by atoms with Crippen molar-refractivity contribution < 1.29 is 1.37 Å². The third-order valence-corrected chi connectivity index (χ3v) is 7.42. The van der Waals surface area contributed by atoms with E-state index in [1.54, 1.807) is 11.8 Å². The Morgan fingerprint density at radius 2 is 1.71 bits per heavy atom. The Morgan fingerprint density at radius 1 is 1.08 bits per heavy atom. The van der Waals surface area contributed by atoms with E-state index in [4.69, 9.17) is 1.37 Å². The molecule has 0 bridgehead atoms. The molecule has 24 heavy (non-hydrogen) atoms. The van der Waals surface area contributed by atoms with Crippen molar-refractivity contribution in [2.75, 3.05) is 5.73 Å². The molecule has 0 amide bonds. The summed E-state index contributed by atoms with van der Waals surface area (Å²) in [5.74, 6) is 0.402. The lowest BCUT2D eigenvalue weighted by molar-refractivity contribution is 0.377.